The number of benzene rings is 2. The molecule has 7 nitrogen and oxygen atoms in total. The summed E-state index contributed by atoms with van der Waals surface area (Å²) in [5.41, 5.74) is 2.96. The SMILES string of the molecule is COc1ccc(-c2nn(-c3ccccc3)cc2C=c2sc3nc(-c4cccs4)nn3c2=O)cc1Cl. The molecule has 0 saturated carbocycles. The van der Waals surface area contributed by atoms with E-state index in [-0.39, 0.29) is 5.56 Å². The number of nitrogens with zero attached hydrogens (tertiary/aromatic N) is 5. The second-order valence-corrected chi connectivity index (χ2v) is 9.95. The second kappa shape index (κ2) is 8.77. The molecule has 0 radical (unpaired) electrons. The van der Waals surface area contributed by atoms with Crippen LogP contribution in [0.4, 0.5) is 0 Å². The lowest BCUT2D eigenvalue weighted by Crippen LogP contribution is -2.23. The monoisotopic (exact) mass is 517 g/mol. The zero-order chi connectivity index (χ0) is 23.9. The largest absolute Gasteiger partial charge is 0.495 e. The number of hydrogen-bond acceptors (Lipinski definition) is 7. The Morgan fingerprint density at radius 2 is 1.91 bits per heavy atom. The Morgan fingerprint density at radius 3 is 2.63 bits per heavy atom. The zero-order valence-corrected chi connectivity index (χ0v) is 20.6. The smallest absolute Gasteiger partial charge is 0.291 e. The Morgan fingerprint density at radius 1 is 1.06 bits per heavy atom. The average molecular weight is 518 g/mol. The third-order valence-electron chi connectivity index (χ3n) is 5.40. The van der Waals surface area contributed by atoms with Crippen LogP contribution in [0.15, 0.2) is 77.0 Å². The predicted molar refractivity (Wildman–Crippen MR) is 140 cm³/mol. The highest BCUT2D eigenvalue weighted by molar-refractivity contribution is 7.15. The van der Waals surface area contributed by atoms with Crippen LogP contribution in [0.25, 0.3) is 38.7 Å². The molecule has 0 amide bonds. The number of ether oxygens (including phenoxy) is 1. The van der Waals surface area contributed by atoms with Crippen molar-refractivity contribution in [1.82, 2.24) is 24.4 Å². The summed E-state index contributed by atoms with van der Waals surface area (Å²) in [5, 5.41) is 11.7. The molecule has 4 heterocycles. The molecule has 172 valence electrons. The first kappa shape index (κ1) is 21.7. The normalized spacial score (nSPS) is 12.0. The van der Waals surface area contributed by atoms with E-state index in [0.29, 0.717) is 31.8 Å². The second-order valence-electron chi connectivity index (χ2n) is 7.59. The van der Waals surface area contributed by atoms with Crippen molar-refractivity contribution < 1.29 is 4.74 Å². The van der Waals surface area contributed by atoms with Gasteiger partial charge in [0, 0.05) is 17.3 Å². The van der Waals surface area contributed by atoms with Crippen molar-refractivity contribution in [2.45, 2.75) is 0 Å². The van der Waals surface area contributed by atoms with Crippen LogP contribution >= 0.6 is 34.3 Å². The van der Waals surface area contributed by atoms with Crippen molar-refractivity contribution in [3.05, 3.63) is 97.7 Å². The summed E-state index contributed by atoms with van der Waals surface area (Å²) in [7, 11) is 1.57. The van der Waals surface area contributed by atoms with Gasteiger partial charge in [0.15, 0.2) is 5.82 Å². The molecule has 10 heteroatoms. The Balaban J connectivity index is 1.51. The van der Waals surface area contributed by atoms with Crippen molar-refractivity contribution in [1.29, 1.82) is 0 Å². The van der Waals surface area contributed by atoms with E-state index in [9.17, 15) is 4.79 Å². The summed E-state index contributed by atoms with van der Waals surface area (Å²) < 4.78 is 8.96. The lowest BCUT2D eigenvalue weighted by Gasteiger charge is -2.05. The third kappa shape index (κ3) is 3.93. The number of hydrogen-bond donors (Lipinski definition) is 0. The van der Waals surface area contributed by atoms with Crippen molar-refractivity contribution in [3.63, 3.8) is 0 Å². The molecule has 0 spiro atoms. The van der Waals surface area contributed by atoms with Crippen LogP contribution < -0.4 is 14.8 Å². The van der Waals surface area contributed by atoms with E-state index in [1.54, 1.807) is 17.9 Å². The number of aromatic nitrogens is 5. The molecule has 0 aliphatic heterocycles. The van der Waals surface area contributed by atoms with Crippen LogP contribution in [0.5, 0.6) is 5.75 Å². The van der Waals surface area contributed by atoms with Gasteiger partial charge in [-0.15, -0.1) is 16.4 Å². The molecular formula is C25H16ClN5O2S2. The van der Waals surface area contributed by atoms with Crippen LogP contribution in [0, 0.1) is 0 Å². The zero-order valence-electron chi connectivity index (χ0n) is 18.3. The van der Waals surface area contributed by atoms with Gasteiger partial charge in [0.2, 0.25) is 4.96 Å². The van der Waals surface area contributed by atoms with Gasteiger partial charge < -0.3 is 4.74 Å². The van der Waals surface area contributed by atoms with Gasteiger partial charge in [0.05, 0.1) is 27.2 Å². The lowest BCUT2D eigenvalue weighted by molar-refractivity contribution is 0.415. The van der Waals surface area contributed by atoms with Crippen molar-refractivity contribution >= 4 is 45.3 Å². The van der Waals surface area contributed by atoms with Gasteiger partial charge in [0.25, 0.3) is 5.56 Å². The number of para-hydroxylation sites is 1. The summed E-state index contributed by atoms with van der Waals surface area (Å²) >= 11 is 9.23. The molecule has 0 atom stereocenters. The molecule has 2 aromatic carbocycles. The molecule has 0 bridgehead atoms. The highest BCUT2D eigenvalue weighted by Gasteiger charge is 2.16. The molecule has 0 fully saturated rings. The quantitative estimate of drug-likeness (QED) is 0.324. The van der Waals surface area contributed by atoms with Gasteiger partial charge in [-0.2, -0.15) is 14.6 Å². The first-order valence-corrected chi connectivity index (χ1v) is 12.6. The molecule has 0 aliphatic rings. The molecular weight excluding hydrogens is 502 g/mol. The van der Waals surface area contributed by atoms with E-state index >= 15 is 0 Å². The average Bonchev–Trinajstić information content (AvgIpc) is 3.66. The number of fused-ring (bicyclic) bond motifs is 1. The minimum absolute atomic E-state index is 0.216. The molecule has 4 aromatic heterocycles. The first-order chi connectivity index (χ1) is 17.1. The summed E-state index contributed by atoms with van der Waals surface area (Å²) in [5.74, 6) is 1.14. The maximum Gasteiger partial charge on any atom is 0.291 e. The van der Waals surface area contributed by atoms with E-state index in [1.807, 2.05) is 72.3 Å². The third-order valence-corrected chi connectivity index (χ3v) is 7.52. The van der Waals surface area contributed by atoms with Gasteiger partial charge in [-0.25, -0.2) is 4.68 Å². The van der Waals surface area contributed by atoms with E-state index in [2.05, 4.69) is 10.1 Å². The Hall–Kier alpha value is -3.79. The van der Waals surface area contributed by atoms with Gasteiger partial charge in [-0.3, -0.25) is 4.79 Å². The number of thiophene rings is 1. The lowest BCUT2D eigenvalue weighted by atomic mass is 10.1. The Kier molecular flexibility index (Phi) is 5.44. The fourth-order valence-electron chi connectivity index (χ4n) is 3.73. The molecule has 0 unspecified atom stereocenters. The number of thiazole rings is 1. The Labute approximate surface area is 212 Å². The van der Waals surface area contributed by atoms with E-state index in [4.69, 9.17) is 21.4 Å². The highest BCUT2D eigenvalue weighted by Crippen LogP contribution is 2.32. The van der Waals surface area contributed by atoms with Crippen LogP contribution in [-0.4, -0.2) is 31.5 Å². The number of halogens is 1. The van der Waals surface area contributed by atoms with Crippen molar-refractivity contribution in [3.8, 4) is 33.4 Å². The predicted octanol–water partition coefficient (Wildman–Crippen LogP) is 4.94. The fraction of sp³-hybridized carbons (Fsp3) is 0.0400. The van der Waals surface area contributed by atoms with Crippen molar-refractivity contribution in [2.24, 2.45) is 0 Å². The van der Waals surface area contributed by atoms with Crippen LogP contribution in [0.3, 0.4) is 0 Å². The van der Waals surface area contributed by atoms with Crippen LogP contribution in [0.2, 0.25) is 5.02 Å². The molecule has 0 saturated heterocycles. The maximum atomic E-state index is 13.2. The first-order valence-electron chi connectivity index (χ1n) is 10.5. The minimum Gasteiger partial charge on any atom is -0.495 e. The van der Waals surface area contributed by atoms with Crippen LogP contribution in [-0.2, 0) is 0 Å². The van der Waals surface area contributed by atoms with Gasteiger partial charge >= 0.3 is 0 Å². The standard InChI is InChI=1S/C25H16ClN5O2S2/c1-33-19-10-9-15(12-18(19)26)22-16(14-30(28-22)17-6-3-2-4-7-17)13-21-24(32)31-25(35-21)27-23(29-31)20-8-5-11-34-20/h2-14H,1H3. The van der Waals surface area contributed by atoms with Gasteiger partial charge in [-0.1, -0.05) is 47.2 Å². The summed E-state index contributed by atoms with van der Waals surface area (Å²) in [6, 6.07) is 19.2. The summed E-state index contributed by atoms with van der Waals surface area (Å²) in [6.45, 7) is 0. The van der Waals surface area contributed by atoms with Crippen molar-refractivity contribution in [2.75, 3.05) is 7.11 Å². The molecule has 35 heavy (non-hydrogen) atoms. The molecule has 6 rings (SSSR count). The number of rotatable bonds is 5. The molecule has 6 aromatic rings. The van der Waals surface area contributed by atoms with E-state index in [1.165, 1.54) is 27.2 Å². The van der Waals surface area contributed by atoms with Crippen LogP contribution in [0.1, 0.15) is 5.56 Å². The Bertz CT molecular complexity index is 1770. The minimum atomic E-state index is -0.216. The molecule has 0 N–H and O–H groups in total. The highest BCUT2D eigenvalue weighted by atomic mass is 35.5. The molecule has 0 aliphatic carbocycles. The summed E-state index contributed by atoms with van der Waals surface area (Å²) in [6.07, 6.45) is 3.73. The van der Waals surface area contributed by atoms with E-state index < -0.39 is 0 Å². The topological polar surface area (TPSA) is 74.3 Å². The number of methoxy groups -OCH3 is 1. The van der Waals surface area contributed by atoms with Gasteiger partial charge in [-0.05, 0) is 47.9 Å². The fourth-order valence-corrected chi connectivity index (χ4v) is 5.54. The van der Waals surface area contributed by atoms with E-state index in [0.717, 1.165) is 21.7 Å². The maximum absolute atomic E-state index is 13.2. The van der Waals surface area contributed by atoms with Gasteiger partial charge in [0.1, 0.15) is 11.4 Å². The summed E-state index contributed by atoms with van der Waals surface area (Å²) in [4.78, 5) is 19.2.